The quantitative estimate of drug-likeness (QED) is 0.547. The third-order valence-electron chi connectivity index (χ3n) is 4.43. The predicted molar refractivity (Wildman–Crippen MR) is 83.7 cm³/mol. The number of hydrogen-bond acceptors (Lipinski definition) is 5. The zero-order valence-electron chi connectivity index (χ0n) is 12.8. The van der Waals surface area contributed by atoms with Crippen molar-refractivity contribution in [3.63, 3.8) is 0 Å². The average Bonchev–Trinajstić information content (AvgIpc) is 2.84. The highest BCUT2D eigenvalue weighted by Crippen LogP contribution is 2.37. The van der Waals surface area contributed by atoms with Crippen molar-refractivity contribution in [2.24, 2.45) is 23.5 Å². The van der Waals surface area contributed by atoms with Gasteiger partial charge in [0.1, 0.15) is 0 Å². The van der Waals surface area contributed by atoms with Gasteiger partial charge in [-0.25, -0.2) is 13.1 Å². The largest absolute Gasteiger partial charge is 0.396 e. The first kappa shape index (κ1) is 17.9. The lowest BCUT2D eigenvalue weighted by Crippen LogP contribution is -2.47. The van der Waals surface area contributed by atoms with Crippen molar-refractivity contribution in [3.05, 3.63) is 29.8 Å². The van der Waals surface area contributed by atoms with Crippen molar-refractivity contribution in [3.8, 4) is 0 Å². The molecule has 0 heterocycles. The minimum Gasteiger partial charge on any atom is -0.396 e. The van der Waals surface area contributed by atoms with Gasteiger partial charge in [-0.05, 0) is 37.3 Å². The Balaban J connectivity index is 2.30. The van der Waals surface area contributed by atoms with Crippen LogP contribution in [0.25, 0.3) is 0 Å². The molecule has 1 saturated carbocycles. The molecule has 0 unspecified atom stereocenters. The van der Waals surface area contributed by atoms with E-state index in [9.17, 15) is 23.4 Å². The van der Waals surface area contributed by atoms with E-state index in [1.165, 1.54) is 12.1 Å². The van der Waals surface area contributed by atoms with Gasteiger partial charge in [-0.15, -0.1) is 0 Å². The lowest BCUT2D eigenvalue weighted by Gasteiger charge is -2.24. The van der Waals surface area contributed by atoms with Crippen LogP contribution in [0.2, 0.25) is 0 Å². The number of nitrogens with one attached hydrogen (secondary N) is 1. The van der Waals surface area contributed by atoms with Crippen LogP contribution in [0.3, 0.4) is 0 Å². The highest BCUT2D eigenvalue weighted by molar-refractivity contribution is 7.89. The van der Waals surface area contributed by atoms with E-state index in [4.69, 9.17) is 5.73 Å². The molecule has 8 heteroatoms. The lowest BCUT2D eigenvalue weighted by molar-refractivity contribution is -0.123. The van der Waals surface area contributed by atoms with E-state index < -0.39 is 39.7 Å². The minimum atomic E-state index is -3.85. The van der Waals surface area contributed by atoms with Crippen LogP contribution in [0.15, 0.2) is 29.2 Å². The standard InChI is InChI=1S/C15H22N2O5S/c1-9-2-4-12(5-3-9)23(21,22)17-14-11(8-19)6-10(7-18)13(14)15(16)20/h2-5,10-11,13-14,17-19H,6-8H2,1H3,(H2,16,20)/t10-,11+,13+,14+/m1/s1. The molecular formula is C15H22N2O5S. The first-order chi connectivity index (χ1) is 10.8. The number of aliphatic hydroxyl groups is 2. The molecule has 5 N–H and O–H groups in total. The number of primary amides is 1. The van der Waals surface area contributed by atoms with E-state index in [-0.39, 0.29) is 18.1 Å². The fraction of sp³-hybridized carbons (Fsp3) is 0.533. The highest BCUT2D eigenvalue weighted by atomic mass is 32.2. The molecule has 1 aliphatic carbocycles. The molecule has 0 radical (unpaired) electrons. The third-order valence-corrected chi connectivity index (χ3v) is 5.90. The van der Waals surface area contributed by atoms with Crippen LogP contribution >= 0.6 is 0 Å². The second-order valence-electron chi connectivity index (χ2n) is 6.01. The number of benzene rings is 1. The van der Waals surface area contributed by atoms with E-state index in [2.05, 4.69) is 4.72 Å². The fourth-order valence-corrected chi connectivity index (χ4v) is 4.52. The van der Waals surface area contributed by atoms with Gasteiger partial charge < -0.3 is 15.9 Å². The minimum absolute atomic E-state index is 0.0791. The van der Waals surface area contributed by atoms with Crippen LogP contribution in [0.4, 0.5) is 0 Å². The van der Waals surface area contributed by atoms with Gasteiger partial charge in [0.2, 0.25) is 15.9 Å². The number of aryl methyl sites for hydroxylation is 1. The molecule has 128 valence electrons. The number of rotatable bonds is 6. The monoisotopic (exact) mass is 342 g/mol. The molecule has 0 aromatic heterocycles. The Morgan fingerprint density at radius 1 is 1.22 bits per heavy atom. The maximum Gasteiger partial charge on any atom is 0.240 e. The van der Waals surface area contributed by atoms with E-state index in [0.29, 0.717) is 6.42 Å². The van der Waals surface area contributed by atoms with Gasteiger partial charge in [-0.2, -0.15) is 0 Å². The van der Waals surface area contributed by atoms with Crippen molar-refractivity contribution in [2.75, 3.05) is 13.2 Å². The van der Waals surface area contributed by atoms with E-state index in [1.807, 2.05) is 6.92 Å². The van der Waals surface area contributed by atoms with Gasteiger partial charge in [0.25, 0.3) is 0 Å². The molecule has 1 aliphatic rings. The van der Waals surface area contributed by atoms with E-state index in [0.717, 1.165) is 5.56 Å². The summed E-state index contributed by atoms with van der Waals surface area (Å²) in [5.74, 6) is -2.46. The molecule has 0 spiro atoms. The summed E-state index contributed by atoms with van der Waals surface area (Å²) in [5, 5.41) is 18.9. The fourth-order valence-electron chi connectivity index (χ4n) is 3.19. The van der Waals surface area contributed by atoms with Crippen LogP contribution in [-0.4, -0.2) is 43.8 Å². The number of amides is 1. The molecule has 1 fully saturated rings. The molecular weight excluding hydrogens is 320 g/mol. The van der Waals surface area contributed by atoms with Gasteiger partial charge >= 0.3 is 0 Å². The van der Waals surface area contributed by atoms with Gasteiger partial charge in [-0.1, -0.05) is 17.7 Å². The Kier molecular flexibility index (Phi) is 5.41. The summed E-state index contributed by atoms with van der Waals surface area (Å²) < 4.78 is 27.5. The second-order valence-corrected chi connectivity index (χ2v) is 7.72. The number of carbonyl (C=O) groups excluding carboxylic acids is 1. The first-order valence-electron chi connectivity index (χ1n) is 7.40. The van der Waals surface area contributed by atoms with E-state index >= 15 is 0 Å². The zero-order valence-corrected chi connectivity index (χ0v) is 13.7. The molecule has 0 aliphatic heterocycles. The number of aliphatic hydroxyl groups excluding tert-OH is 2. The average molecular weight is 342 g/mol. The molecule has 23 heavy (non-hydrogen) atoms. The van der Waals surface area contributed by atoms with Crippen LogP contribution in [0.5, 0.6) is 0 Å². The van der Waals surface area contributed by atoms with E-state index in [1.54, 1.807) is 12.1 Å². The Morgan fingerprint density at radius 3 is 2.26 bits per heavy atom. The summed E-state index contributed by atoms with van der Waals surface area (Å²) in [5.41, 5.74) is 6.31. The van der Waals surface area contributed by atoms with Crippen molar-refractivity contribution in [2.45, 2.75) is 24.3 Å². The highest BCUT2D eigenvalue weighted by Gasteiger charge is 2.47. The van der Waals surface area contributed by atoms with Gasteiger partial charge in [0.05, 0.1) is 10.8 Å². The topological polar surface area (TPSA) is 130 Å². The molecule has 0 bridgehead atoms. The smallest absolute Gasteiger partial charge is 0.240 e. The summed E-state index contributed by atoms with van der Waals surface area (Å²) in [6.07, 6.45) is 0.335. The SMILES string of the molecule is Cc1ccc(S(=O)(=O)N[C@H]2[C@H](CO)C[C@H](CO)[C@@H]2C(N)=O)cc1. The summed E-state index contributed by atoms with van der Waals surface area (Å²) in [4.78, 5) is 11.8. The molecule has 7 nitrogen and oxygen atoms in total. The first-order valence-corrected chi connectivity index (χ1v) is 8.88. The van der Waals surface area contributed by atoms with Crippen molar-refractivity contribution in [1.29, 1.82) is 0 Å². The normalized spacial score (nSPS) is 28.0. The third kappa shape index (κ3) is 3.72. The Morgan fingerprint density at radius 2 is 1.78 bits per heavy atom. The van der Waals surface area contributed by atoms with Crippen molar-refractivity contribution >= 4 is 15.9 Å². The maximum absolute atomic E-state index is 12.5. The molecule has 2 rings (SSSR count). The number of hydrogen-bond donors (Lipinski definition) is 4. The molecule has 1 amide bonds. The van der Waals surface area contributed by atoms with Crippen molar-refractivity contribution < 1.29 is 23.4 Å². The lowest BCUT2D eigenvalue weighted by atomic mass is 9.93. The van der Waals surface area contributed by atoms with Gasteiger partial charge in [0.15, 0.2) is 0 Å². The number of sulfonamides is 1. The second kappa shape index (κ2) is 6.96. The zero-order chi connectivity index (χ0) is 17.2. The van der Waals surface area contributed by atoms with Crippen LogP contribution in [0, 0.1) is 24.7 Å². The van der Waals surface area contributed by atoms with Crippen LogP contribution in [0.1, 0.15) is 12.0 Å². The summed E-state index contributed by atoms with van der Waals surface area (Å²) in [6, 6.07) is 5.47. The molecule has 1 aromatic rings. The summed E-state index contributed by atoms with van der Waals surface area (Å²) >= 11 is 0. The Labute approximate surface area is 135 Å². The molecule has 0 saturated heterocycles. The maximum atomic E-state index is 12.5. The summed E-state index contributed by atoms with van der Waals surface area (Å²) in [7, 11) is -3.85. The van der Waals surface area contributed by atoms with Crippen molar-refractivity contribution in [1.82, 2.24) is 4.72 Å². The predicted octanol–water partition coefficient (Wildman–Crippen LogP) is -0.636. The van der Waals surface area contributed by atoms with Gasteiger partial charge in [0, 0.05) is 19.3 Å². The molecule has 4 atom stereocenters. The van der Waals surface area contributed by atoms with Gasteiger partial charge in [-0.3, -0.25) is 4.79 Å². The number of carbonyl (C=O) groups is 1. The number of nitrogens with two attached hydrogens (primary N) is 1. The molecule has 1 aromatic carbocycles. The Hall–Kier alpha value is -1.48. The van der Waals surface area contributed by atoms with Crippen LogP contribution in [-0.2, 0) is 14.8 Å². The summed E-state index contributed by atoms with van der Waals surface area (Å²) in [6.45, 7) is 1.27. The van der Waals surface area contributed by atoms with Crippen LogP contribution < -0.4 is 10.5 Å². The Bertz CT molecular complexity index is 659.